The number of nitrogens with zero attached hydrogens (tertiary/aromatic N) is 2. The Kier molecular flexibility index (Phi) is 4.86. The molecule has 7 heteroatoms. The fourth-order valence-electron chi connectivity index (χ4n) is 2.69. The summed E-state index contributed by atoms with van der Waals surface area (Å²) >= 11 is 0. The number of hydrogen-bond acceptors (Lipinski definition) is 4. The summed E-state index contributed by atoms with van der Waals surface area (Å²) < 4.78 is 20.7. The highest BCUT2D eigenvalue weighted by molar-refractivity contribution is 6.47. The van der Waals surface area contributed by atoms with Gasteiger partial charge in [0.05, 0.1) is 11.2 Å². The third-order valence-electron chi connectivity index (χ3n) is 5.46. The van der Waals surface area contributed by atoms with Crippen molar-refractivity contribution >= 4 is 7.12 Å². The molecule has 0 N–H and O–H groups in total. The number of aromatic nitrogens is 2. The second-order valence-corrected chi connectivity index (χ2v) is 7.45. The molecule has 1 fully saturated rings. The molecule has 0 radical (unpaired) electrons. The average Bonchev–Trinajstić information content (AvgIpc) is 2.94. The van der Waals surface area contributed by atoms with Crippen LogP contribution >= 0.6 is 0 Å². The Hall–Kier alpha value is -1.05. The topological polar surface area (TPSA) is 54.6 Å². The van der Waals surface area contributed by atoms with Crippen molar-refractivity contribution in [2.45, 2.75) is 77.8 Å². The van der Waals surface area contributed by atoms with Gasteiger partial charge < -0.3 is 14.0 Å². The summed E-state index contributed by atoms with van der Waals surface area (Å²) in [6.07, 6.45) is 3.26. The van der Waals surface area contributed by atoms with Gasteiger partial charge in [0.25, 0.3) is 0 Å². The lowest BCUT2D eigenvalue weighted by Crippen LogP contribution is -2.41. The monoisotopic (exact) mass is 324 g/mol. The number of hydrogen-bond donors (Lipinski definition) is 0. The zero-order chi connectivity index (χ0) is 17.6. The molecule has 23 heavy (non-hydrogen) atoms. The first-order chi connectivity index (χ1) is 10.5. The standard InChI is InChI=1S/C16H29BN2O4/c1-11(17-22-15(4,5)16(6,7)23-17)12(2)18-9-10-19(14(18)20)13(3)21-8/h9-13H,1-8H3/t11-,12?,13?/m1/s1. The molecule has 2 rings (SSSR count). The largest absolute Gasteiger partial charge is 0.462 e. The summed E-state index contributed by atoms with van der Waals surface area (Å²) in [5, 5.41) is 0. The second kappa shape index (κ2) is 6.11. The van der Waals surface area contributed by atoms with E-state index in [4.69, 9.17) is 14.0 Å². The van der Waals surface area contributed by atoms with Gasteiger partial charge in [0.15, 0.2) is 0 Å². The van der Waals surface area contributed by atoms with Gasteiger partial charge >= 0.3 is 12.8 Å². The van der Waals surface area contributed by atoms with Gasteiger partial charge in [0, 0.05) is 31.4 Å². The van der Waals surface area contributed by atoms with E-state index in [2.05, 4.69) is 6.92 Å². The van der Waals surface area contributed by atoms with Gasteiger partial charge in [0.2, 0.25) is 0 Å². The van der Waals surface area contributed by atoms with E-state index in [0.29, 0.717) is 0 Å². The molecule has 0 saturated carbocycles. The summed E-state index contributed by atoms with van der Waals surface area (Å²) in [7, 11) is 1.25. The van der Waals surface area contributed by atoms with Crippen LogP contribution in [0.3, 0.4) is 0 Å². The summed E-state index contributed by atoms with van der Waals surface area (Å²) in [6.45, 7) is 14.0. The van der Waals surface area contributed by atoms with E-state index in [0.717, 1.165) is 0 Å². The SMILES string of the molecule is COC(C)n1ccn(C(C)[C@@H](C)B2OC(C)(C)C(C)(C)O2)c1=O. The van der Waals surface area contributed by atoms with Crippen LogP contribution in [0.25, 0.3) is 0 Å². The highest BCUT2D eigenvalue weighted by Gasteiger charge is 2.53. The van der Waals surface area contributed by atoms with E-state index in [9.17, 15) is 4.79 Å². The normalized spacial score (nSPS) is 23.7. The van der Waals surface area contributed by atoms with Gasteiger partial charge in [-0.2, -0.15) is 0 Å². The summed E-state index contributed by atoms with van der Waals surface area (Å²) in [5.74, 6) is 0.0300. The molecule has 0 aromatic carbocycles. The average molecular weight is 324 g/mol. The van der Waals surface area contributed by atoms with Crippen LogP contribution in [0.4, 0.5) is 0 Å². The lowest BCUT2D eigenvalue weighted by Gasteiger charge is -2.32. The molecule has 0 aliphatic carbocycles. The number of ether oxygens (including phenoxy) is 1. The molecule has 1 aromatic rings. The number of rotatable bonds is 5. The predicted molar refractivity (Wildman–Crippen MR) is 90.6 cm³/mol. The maximum absolute atomic E-state index is 12.5. The van der Waals surface area contributed by atoms with Crippen LogP contribution in [-0.4, -0.2) is 34.6 Å². The first kappa shape index (κ1) is 18.3. The lowest BCUT2D eigenvalue weighted by atomic mass is 9.69. The van der Waals surface area contributed by atoms with Crippen molar-refractivity contribution in [1.82, 2.24) is 9.13 Å². The van der Waals surface area contributed by atoms with E-state index in [1.807, 2.05) is 41.5 Å². The minimum atomic E-state index is -0.368. The molecule has 130 valence electrons. The molecule has 1 aliphatic rings. The van der Waals surface area contributed by atoms with E-state index >= 15 is 0 Å². The maximum Gasteiger partial charge on any atom is 0.462 e. The molecule has 6 nitrogen and oxygen atoms in total. The van der Waals surface area contributed by atoms with Crippen LogP contribution in [0.15, 0.2) is 17.2 Å². The smallest absolute Gasteiger partial charge is 0.403 e. The Morgan fingerprint density at radius 3 is 2.00 bits per heavy atom. The number of methoxy groups -OCH3 is 1. The molecule has 1 saturated heterocycles. The Morgan fingerprint density at radius 1 is 1.04 bits per heavy atom. The molecular weight excluding hydrogens is 295 g/mol. The van der Waals surface area contributed by atoms with Gasteiger partial charge in [-0.15, -0.1) is 0 Å². The van der Waals surface area contributed by atoms with Crippen molar-refractivity contribution in [1.29, 1.82) is 0 Å². The predicted octanol–water partition coefficient (Wildman–Crippen LogP) is 2.86. The zero-order valence-corrected chi connectivity index (χ0v) is 15.5. The highest BCUT2D eigenvalue weighted by Crippen LogP contribution is 2.42. The fraction of sp³-hybridized carbons (Fsp3) is 0.812. The van der Waals surface area contributed by atoms with Crippen molar-refractivity contribution in [3.05, 3.63) is 22.9 Å². The van der Waals surface area contributed by atoms with Crippen molar-refractivity contribution < 1.29 is 14.0 Å². The van der Waals surface area contributed by atoms with Crippen LogP contribution in [0, 0.1) is 0 Å². The van der Waals surface area contributed by atoms with E-state index < -0.39 is 0 Å². The Balaban J connectivity index is 2.20. The molecule has 0 bridgehead atoms. The van der Waals surface area contributed by atoms with E-state index in [1.165, 1.54) is 0 Å². The van der Waals surface area contributed by atoms with Crippen LogP contribution < -0.4 is 5.69 Å². The zero-order valence-electron chi connectivity index (χ0n) is 15.5. The molecular formula is C16H29BN2O4. The molecule has 2 heterocycles. The lowest BCUT2D eigenvalue weighted by molar-refractivity contribution is 0.00578. The van der Waals surface area contributed by atoms with Gasteiger partial charge in [0.1, 0.15) is 6.23 Å². The third kappa shape index (κ3) is 3.14. The minimum absolute atomic E-state index is 0.0300. The van der Waals surface area contributed by atoms with Gasteiger partial charge in [-0.3, -0.25) is 9.13 Å². The molecule has 0 amide bonds. The number of imidazole rings is 1. The van der Waals surface area contributed by atoms with Crippen molar-refractivity contribution in [3.63, 3.8) is 0 Å². The molecule has 2 unspecified atom stereocenters. The molecule has 0 spiro atoms. The van der Waals surface area contributed by atoms with Crippen LogP contribution in [-0.2, 0) is 14.0 Å². The summed E-state index contributed by atoms with van der Waals surface area (Å²) in [5.41, 5.74) is -0.824. The van der Waals surface area contributed by atoms with Gasteiger partial charge in [-0.25, -0.2) is 4.79 Å². The first-order valence-electron chi connectivity index (χ1n) is 8.19. The van der Waals surface area contributed by atoms with Crippen molar-refractivity contribution in [3.8, 4) is 0 Å². The molecule has 1 aliphatic heterocycles. The molecule has 3 atom stereocenters. The quantitative estimate of drug-likeness (QED) is 0.782. The van der Waals surface area contributed by atoms with Crippen molar-refractivity contribution in [2.75, 3.05) is 7.11 Å². The molecule has 1 aromatic heterocycles. The minimum Gasteiger partial charge on any atom is -0.403 e. The van der Waals surface area contributed by atoms with Crippen LogP contribution in [0.5, 0.6) is 0 Å². The van der Waals surface area contributed by atoms with Crippen LogP contribution in [0.1, 0.15) is 60.7 Å². The Bertz CT molecular complexity index is 591. The van der Waals surface area contributed by atoms with E-state index in [1.54, 1.807) is 28.6 Å². The highest BCUT2D eigenvalue weighted by atomic mass is 16.7. The van der Waals surface area contributed by atoms with Gasteiger partial charge in [-0.05, 0) is 41.5 Å². The summed E-state index contributed by atoms with van der Waals surface area (Å²) in [4.78, 5) is 12.5. The second-order valence-electron chi connectivity index (χ2n) is 7.45. The third-order valence-corrected chi connectivity index (χ3v) is 5.46. The van der Waals surface area contributed by atoms with Crippen molar-refractivity contribution in [2.24, 2.45) is 0 Å². The Morgan fingerprint density at radius 2 is 1.52 bits per heavy atom. The summed E-state index contributed by atoms with van der Waals surface area (Å²) in [6, 6.07) is -0.0532. The first-order valence-corrected chi connectivity index (χ1v) is 8.19. The van der Waals surface area contributed by atoms with Gasteiger partial charge in [-0.1, -0.05) is 6.92 Å². The van der Waals surface area contributed by atoms with Crippen LogP contribution in [0.2, 0.25) is 5.82 Å². The maximum atomic E-state index is 12.5. The Labute approximate surface area is 138 Å². The van der Waals surface area contributed by atoms with E-state index in [-0.39, 0.29) is 42.1 Å². The fourth-order valence-corrected chi connectivity index (χ4v) is 2.69.